The lowest BCUT2D eigenvalue weighted by Crippen LogP contribution is -2.40. The molecule has 0 aromatic carbocycles. The molecule has 1 atom stereocenters. The van der Waals surface area contributed by atoms with Crippen molar-refractivity contribution in [2.45, 2.75) is 64.3 Å². The second kappa shape index (κ2) is 7.75. The van der Waals surface area contributed by atoms with Crippen LogP contribution in [-0.4, -0.2) is 46.5 Å². The highest BCUT2D eigenvalue weighted by Crippen LogP contribution is 2.25. The third kappa shape index (κ3) is 3.82. The van der Waals surface area contributed by atoms with Crippen molar-refractivity contribution in [1.82, 2.24) is 14.9 Å². The number of carbonyl (C=O) groups is 1. The van der Waals surface area contributed by atoms with Gasteiger partial charge in [-0.15, -0.1) is 0 Å². The van der Waals surface area contributed by atoms with Crippen LogP contribution in [-0.2, 0) is 0 Å². The average molecular weight is 316 g/mol. The summed E-state index contributed by atoms with van der Waals surface area (Å²) in [6.07, 6.45) is 11.1. The molecule has 0 radical (unpaired) electrons. The lowest BCUT2D eigenvalue weighted by molar-refractivity contribution is 0.0755. The number of likely N-dealkylation sites (tertiary alicyclic amines) is 1. The minimum absolute atomic E-state index is 0.0700. The van der Waals surface area contributed by atoms with Crippen LogP contribution >= 0.6 is 0 Å². The van der Waals surface area contributed by atoms with E-state index < -0.39 is 0 Å². The van der Waals surface area contributed by atoms with Crippen LogP contribution in [0.5, 0.6) is 0 Å². The van der Waals surface area contributed by atoms with Crippen molar-refractivity contribution in [3.63, 3.8) is 0 Å². The predicted octanol–water partition coefficient (Wildman–Crippen LogP) is 3.26. The standard InChI is InChI=1S/C18H28N4O/c1-2-15-9-5-8-12-22(15)17-13-16(19-14-20-17)18(23)21-10-6-3-4-7-11-21/h13-15H,2-12H2,1H3. The molecule has 23 heavy (non-hydrogen) atoms. The average Bonchev–Trinajstić information content (AvgIpc) is 2.90. The van der Waals surface area contributed by atoms with Gasteiger partial charge in [-0.2, -0.15) is 0 Å². The third-order valence-electron chi connectivity index (χ3n) is 5.16. The first-order valence-corrected chi connectivity index (χ1v) is 9.17. The predicted molar refractivity (Wildman–Crippen MR) is 91.7 cm³/mol. The van der Waals surface area contributed by atoms with E-state index in [2.05, 4.69) is 21.8 Å². The fourth-order valence-corrected chi connectivity index (χ4v) is 3.78. The van der Waals surface area contributed by atoms with Crippen LogP contribution < -0.4 is 4.90 Å². The maximum absolute atomic E-state index is 12.8. The number of anilines is 1. The van der Waals surface area contributed by atoms with Crippen molar-refractivity contribution < 1.29 is 4.79 Å². The number of nitrogens with zero attached hydrogens (tertiary/aromatic N) is 4. The number of hydrogen-bond donors (Lipinski definition) is 0. The zero-order valence-electron chi connectivity index (χ0n) is 14.2. The zero-order chi connectivity index (χ0) is 16.1. The molecule has 1 aromatic rings. The molecule has 2 aliphatic heterocycles. The first-order chi connectivity index (χ1) is 11.3. The highest BCUT2D eigenvalue weighted by molar-refractivity contribution is 5.93. The van der Waals surface area contributed by atoms with Crippen molar-refractivity contribution in [1.29, 1.82) is 0 Å². The van der Waals surface area contributed by atoms with E-state index in [1.165, 1.54) is 32.1 Å². The molecule has 2 aliphatic rings. The highest BCUT2D eigenvalue weighted by atomic mass is 16.2. The Hall–Kier alpha value is -1.65. The molecular weight excluding hydrogens is 288 g/mol. The molecule has 2 fully saturated rings. The Bertz CT molecular complexity index is 526. The van der Waals surface area contributed by atoms with Crippen LogP contribution in [0.15, 0.2) is 12.4 Å². The van der Waals surface area contributed by atoms with Crippen molar-refractivity contribution in [2.24, 2.45) is 0 Å². The van der Waals surface area contributed by atoms with Crippen LogP contribution in [0.25, 0.3) is 0 Å². The molecule has 2 saturated heterocycles. The van der Waals surface area contributed by atoms with Gasteiger partial charge in [-0.1, -0.05) is 19.8 Å². The molecule has 5 heteroatoms. The quantitative estimate of drug-likeness (QED) is 0.859. The van der Waals surface area contributed by atoms with Crippen molar-refractivity contribution in [2.75, 3.05) is 24.5 Å². The summed E-state index contributed by atoms with van der Waals surface area (Å²) in [7, 11) is 0. The Kier molecular flexibility index (Phi) is 5.47. The van der Waals surface area contributed by atoms with Crippen LogP contribution in [0.1, 0.15) is 68.8 Å². The smallest absolute Gasteiger partial charge is 0.272 e. The minimum atomic E-state index is 0.0700. The largest absolute Gasteiger partial charge is 0.354 e. The van der Waals surface area contributed by atoms with E-state index in [0.29, 0.717) is 11.7 Å². The number of carbonyl (C=O) groups excluding carboxylic acids is 1. The lowest BCUT2D eigenvalue weighted by Gasteiger charge is -2.36. The summed E-state index contributed by atoms with van der Waals surface area (Å²) < 4.78 is 0. The minimum Gasteiger partial charge on any atom is -0.354 e. The number of aromatic nitrogens is 2. The molecule has 0 saturated carbocycles. The molecule has 0 aliphatic carbocycles. The van der Waals surface area contributed by atoms with Gasteiger partial charge in [0.25, 0.3) is 5.91 Å². The summed E-state index contributed by atoms with van der Waals surface area (Å²) in [6, 6.07) is 2.45. The van der Waals surface area contributed by atoms with E-state index in [4.69, 9.17) is 0 Å². The molecule has 1 aromatic heterocycles. The summed E-state index contributed by atoms with van der Waals surface area (Å²) in [5.74, 6) is 0.991. The second-order valence-electron chi connectivity index (χ2n) is 6.72. The fourth-order valence-electron chi connectivity index (χ4n) is 3.78. The van der Waals surface area contributed by atoms with Gasteiger partial charge < -0.3 is 9.80 Å². The van der Waals surface area contributed by atoms with Crippen molar-refractivity contribution in [3.05, 3.63) is 18.1 Å². The van der Waals surface area contributed by atoms with Crippen LogP contribution in [0.4, 0.5) is 5.82 Å². The molecule has 3 rings (SSSR count). The van der Waals surface area contributed by atoms with Gasteiger partial charge in [-0.3, -0.25) is 4.79 Å². The van der Waals surface area contributed by atoms with Gasteiger partial charge in [-0.05, 0) is 38.5 Å². The Morgan fingerprint density at radius 2 is 1.83 bits per heavy atom. The zero-order valence-corrected chi connectivity index (χ0v) is 14.2. The monoisotopic (exact) mass is 316 g/mol. The number of piperidine rings is 1. The SMILES string of the molecule is CCC1CCCCN1c1cc(C(=O)N2CCCCCC2)ncn1. The maximum Gasteiger partial charge on any atom is 0.272 e. The van der Waals surface area contributed by atoms with Crippen molar-refractivity contribution in [3.8, 4) is 0 Å². The first-order valence-electron chi connectivity index (χ1n) is 9.17. The molecule has 1 amide bonds. The van der Waals surface area contributed by atoms with E-state index in [0.717, 1.165) is 44.7 Å². The second-order valence-corrected chi connectivity index (χ2v) is 6.72. The van der Waals surface area contributed by atoms with E-state index in [-0.39, 0.29) is 5.91 Å². The van der Waals surface area contributed by atoms with Crippen LogP contribution in [0, 0.1) is 0 Å². The van der Waals surface area contributed by atoms with Gasteiger partial charge in [0.15, 0.2) is 0 Å². The number of rotatable bonds is 3. The van der Waals surface area contributed by atoms with Crippen molar-refractivity contribution >= 4 is 11.7 Å². The van der Waals surface area contributed by atoms with Crippen LogP contribution in [0.2, 0.25) is 0 Å². The Labute approximate surface area is 139 Å². The summed E-state index contributed by atoms with van der Waals surface area (Å²) in [4.78, 5) is 25.8. The number of hydrogen-bond acceptors (Lipinski definition) is 4. The molecule has 0 spiro atoms. The van der Waals surface area contributed by atoms with E-state index in [1.54, 1.807) is 6.33 Å². The third-order valence-corrected chi connectivity index (χ3v) is 5.16. The van der Waals surface area contributed by atoms with Gasteiger partial charge >= 0.3 is 0 Å². The molecule has 0 N–H and O–H groups in total. The lowest BCUT2D eigenvalue weighted by atomic mass is 10.00. The Balaban J connectivity index is 1.77. The fraction of sp³-hybridized carbons (Fsp3) is 0.722. The molecule has 3 heterocycles. The van der Waals surface area contributed by atoms with E-state index in [1.807, 2.05) is 11.0 Å². The molecule has 0 bridgehead atoms. The summed E-state index contributed by atoms with van der Waals surface area (Å²) in [5, 5.41) is 0. The van der Waals surface area contributed by atoms with Crippen LogP contribution in [0.3, 0.4) is 0 Å². The van der Waals surface area contributed by atoms with E-state index >= 15 is 0 Å². The number of amides is 1. The summed E-state index contributed by atoms with van der Waals surface area (Å²) in [5.41, 5.74) is 0.553. The van der Waals surface area contributed by atoms with Gasteiger partial charge in [0, 0.05) is 31.7 Å². The highest BCUT2D eigenvalue weighted by Gasteiger charge is 2.24. The normalized spacial score (nSPS) is 22.7. The van der Waals surface area contributed by atoms with Gasteiger partial charge in [0.1, 0.15) is 17.8 Å². The van der Waals surface area contributed by atoms with Gasteiger partial charge in [-0.25, -0.2) is 9.97 Å². The molecule has 5 nitrogen and oxygen atoms in total. The Morgan fingerprint density at radius 1 is 1.09 bits per heavy atom. The maximum atomic E-state index is 12.8. The van der Waals surface area contributed by atoms with E-state index in [9.17, 15) is 4.79 Å². The van der Waals surface area contributed by atoms with Gasteiger partial charge in [0.2, 0.25) is 0 Å². The summed E-state index contributed by atoms with van der Waals surface area (Å²) >= 11 is 0. The first kappa shape index (κ1) is 16.2. The molecule has 126 valence electrons. The Morgan fingerprint density at radius 3 is 2.57 bits per heavy atom. The topological polar surface area (TPSA) is 49.3 Å². The molecule has 1 unspecified atom stereocenters. The summed E-state index contributed by atoms with van der Waals surface area (Å²) in [6.45, 7) is 4.99. The molecular formula is C18H28N4O. The van der Waals surface area contributed by atoms with Gasteiger partial charge in [0.05, 0.1) is 0 Å².